The Balaban J connectivity index is 2.33. The Morgan fingerprint density at radius 2 is 2.22 bits per heavy atom. The maximum atomic E-state index is 11.0. The smallest absolute Gasteiger partial charge is 0.365 e. The third-order valence-corrected chi connectivity index (χ3v) is 2.43. The molecule has 0 aliphatic carbocycles. The number of methoxy groups -OCH3 is 1. The summed E-state index contributed by atoms with van der Waals surface area (Å²) in [6, 6.07) is 4.40. The van der Waals surface area contributed by atoms with Crippen LogP contribution in [0, 0.1) is 0 Å². The summed E-state index contributed by atoms with van der Waals surface area (Å²) in [5, 5.41) is 9.74. The molecule has 0 radical (unpaired) electrons. The number of amides is 2. The number of carbonyl (C=O) groups is 1. The van der Waals surface area contributed by atoms with Gasteiger partial charge in [0.25, 0.3) is 0 Å². The van der Waals surface area contributed by atoms with Gasteiger partial charge in [-0.15, -0.1) is 5.11 Å². The van der Waals surface area contributed by atoms with E-state index in [1.807, 2.05) is 0 Å². The lowest BCUT2D eigenvalue weighted by Crippen LogP contribution is -2.31. The fourth-order valence-corrected chi connectivity index (χ4v) is 1.55. The Bertz CT molecular complexity index is 580. The maximum Gasteiger partial charge on any atom is 0.365 e. The Morgan fingerprint density at radius 1 is 1.44 bits per heavy atom. The third kappa shape index (κ3) is 2.54. The highest BCUT2D eigenvalue weighted by Gasteiger charge is 2.14. The highest BCUT2D eigenvalue weighted by atomic mass is 35.5. The molecule has 2 amide bonds. The zero-order valence-corrected chi connectivity index (χ0v) is 10.2. The molecular formula is C11H9ClN4O2. The van der Waals surface area contributed by atoms with Gasteiger partial charge < -0.3 is 4.74 Å². The first-order valence-corrected chi connectivity index (χ1v) is 5.32. The zero-order chi connectivity index (χ0) is 13.1. The number of hydrogen-bond donors (Lipinski definition) is 1. The van der Waals surface area contributed by atoms with Crippen LogP contribution in [0.3, 0.4) is 0 Å². The van der Waals surface area contributed by atoms with Crippen molar-refractivity contribution in [1.82, 2.24) is 5.32 Å². The lowest BCUT2D eigenvalue weighted by Gasteiger charge is -2.09. The van der Waals surface area contributed by atoms with Crippen LogP contribution in [-0.4, -0.2) is 19.0 Å². The maximum absolute atomic E-state index is 11.0. The van der Waals surface area contributed by atoms with Gasteiger partial charge in [-0.1, -0.05) is 23.3 Å². The average Bonchev–Trinajstić information content (AvgIpc) is 2.34. The van der Waals surface area contributed by atoms with Crippen molar-refractivity contribution in [1.29, 1.82) is 0 Å². The quantitative estimate of drug-likeness (QED) is 0.891. The van der Waals surface area contributed by atoms with Gasteiger partial charge >= 0.3 is 6.03 Å². The van der Waals surface area contributed by atoms with Crippen molar-refractivity contribution >= 4 is 29.2 Å². The predicted molar refractivity (Wildman–Crippen MR) is 67.6 cm³/mol. The van der Waals surface area contributed by atoms with Gasteiger partial charge in [0.1, 0.15) is 11.4 Å². The minimum absolute atomic E-state index is 0.247. The minimum atomic E-state index is -0.583. The van der Waals surface area contributed by atoms with Gasteiger partial charge in [-0.2, -0.15) is 0 Å². The number of aliphatic imine (C=N–C) groups is 1. The van der Waals surface area contributed by atoms with Gasteiger partial charge in [0.05, 0.1) is 17.8 Å². The summed E-state index contributed by atoms with van der Waals surface area (Å²) in [6.45, 7) is 3.62. The number of amidine groups is 1. The Morgan fingerprint density at radius 3 is 2.89 bits per heavy atom. The molecule has 2 rings (SSSR count). The van der Waals surface area contributed by atoms with Crippen molar-refractivity contribution in [2.45, 2.75) is 0 Å². The van der Waals surface area contributed by atoms with Crippen LogP contribution in [0.4, 0.5) is 10.5 Å². The molecule has 0 bridgehead atoms. The lowest BCUT2D eigenvalue weighted by atomic mass is 10.3. The fourth-order valence-electron chi connectivity index (χ4n) is 1.30. The van der Waals surface area contributed by atoms with Crippen LogP contribution in [0.1, 0.15) is 0 Å². The van der Waals surface area contributed by atoms with Gasteiger partial charge in [-0.3, -0.25) is 5.32 Å². The standard InChI is InChI=1S/C11H9ClN4O2/c1-6-10(14-11(17)16-15-6)13-7-3-4-9(18-2)8(12)5-7/h3-5H,1H2,2H3,(H,13,14,17). The summed E-state index contributed by atoms with van der Waals surface area (Å²) in [4.78, 5) is 15.2. The second kappa shape index (κ2) is 4.97. The second-order valence-corrected chi connectivity index (χ2v) is 3.76. The number of benzene rings is 1. The molecule has 6 nitrogen and oxygen atoms in total. The molecule has 0 saturated heterocycles. The largest absolute Gasteiger partial charge is 0.495 e. The van der Waals surface area contributed by atoms with Crippen molar-refractivity contribution in [3.05, 3.63) is 35.5 Å². The normalized spacial score (nSPS) is 16.9. The molecule has 1 aliphatic heterocycles. The van der Waals surface area contributed by atoms with Crippen molar-refractivity contribution in [2.24, 2.45) is 15.2 Å². The molecule has 1 aromatic rings. The van der Waals surface area contributed by atoms with E-state index in [1.54, 1.807) is 18.2 Å². The summed E-state index contributed by atoms with van der Waals surface area (Å²) >= 11 is 5.97. The number of hydrogen-bond acceptors (Lipinski definition) is 4. The van der Waals surface area contributed by atoms with E-state index in [0.29, 0.717) is 16.5 Å². The number of carbonyl (C=O) groups excluding carboxylic acids is 1. The molecule has 0 saturated carbocycles. The van der Waals surface area contributed by atoms with E-state index in [-0.39, 0.29) is 11.5 Å². The molecule has 1 heterocycles. The first-order chi connectivity index (χ1) is 8.60. The Labute approximate surface area is 108 Å². The monoisotopic (exact) mass is 264 g/mol. The van der Waals surface area contributed by atoms with Gasteiger partial charge in [0.15, 0.2) is 5.84 Å². The van der Waals surface area contributed by atoms with Crippen molar-refractivity contribution in [3.63, 3.8) is 0 Å². The number of nitrogens with one attached hydrogen (secondary N) is 1. The number of halogens is 1. The van der Waals surface area contributed by atoms with Crippen LogP contribution in [0.25, 0.3) is 0 Å². The first kappa shape index (κ1) is 12.3. The van der Waals surface area contributed by atoms with E-state index < -0.39 is 6.03 Å². The second-order valence-electron chi connectivity index (χ2n) is 3.36. The van der Waals surface area contributed by atoms with Crippen LogP contribution in [-0.2, 0) is 0 Å². The minimum Gasteiger partial charge on any atom is -0.495 e. The van der Waals surface area contributed by atoms with Gasteiger partial charge in [-0.25, -0.2) is 9.79 Å². The molecule has 0 unspecified atom stereocenters. The van der Waals surface area contributed by atoms with Crippen LogP contribution in [0.5, 0.6) is 5.75 Å². The summed E-state index contributed by atoms with van der Waals surface area (Å²) in [5.74, 6) is 0.794. The Kier molecular flexibility index (Phi) is 3.38. The van der Waals surface area contributed by atoms with Crippen LogP contribution in [0.15, 0.2) is 45.7 Å². The average molecular weight is 265 g/mol. The number of urea groups is 1. The highest BCUT2D eigenvalue weighted by molar-refractivity contribution is 6.32. The molecular weight excluding hydrogens is 256 g/mol. The summed E-state index contributed by atoms with van der Waals surface area (Å²) in [6.07, 6.45) is 0. The van der Waals surface area contributed by atoms with E-state index in [4.69, 9.17) is 16.3 Å². The predicted octanol–water partition coefficient (Wildman–Crippen LogP) is 3.07. The van der Waals surface area contributed by atoms with E-state index in [2.05, 4.69) is 27.1 Å². The molecule has 1 N–H and O–H groups in total. The topological polar surface area (TPSA) is 75.4 Å². The van der Waals surface area contributed by atoms with E-state index >= 15 is 0 Å². The van der Waals surface area contributed by atoms with Crippen LogP contribution < -0.4 is 10.1 Å². The fraction of sp³-hybridized carbons (Fsp3) is 0.0909. The lowest BCUT2D eigenvalue weighted by molar-refractivity contribution is 0.251. The van der Waals surface area contributed by atoms with Gasteiger partial charge in [0.2, 0.25) is 0 Å². The first-order valence-electron chi connectivity index (χ1n) is 4.94. The molecule has 1 aromatic carbocycles. The van der Waals surface area contributed by atoms with E-state index in [0.717, 1.165) is 0 Å². The molecule has 92 valence electrons. The molecule has 0 spiro atoms. The molecule has 7 heteroatoms. The molecule has 0 fully saturated rings. The van der Waals surface area contributed by atoms with Crippen molar-refractivity contribution in [2.75, 3.05) is 7.11 Å². The van der Waals surface area contributed by atoms with Crippen LogP contribution >= 0.6 is 11.6 Å². The van der Waals surface area contributed by atoms with Gasteiger partial charge in [-0.05, 0) is 18.2 Å². The summed E-state index contributed by atoms with van der Waals surface area (Å²) in [5.41, 5.74) is 0.830. The van der Waals surface area contributed by atoms with Crippen LogP contribution in [0.2, 0.25) is 5.02 Å². The van der Waals surface area contributed by atoms with Gasteiger partial charge in [0, 0.05) is 0 Å². The molecule has 0 atom stereocenters. The number of rotatable bonds is 2. The SMILES string of the molecule is C=C1N=NC(=O)NC1=Nc1ccc(OC)c(Cl)c1. The molecule has 18 heavy (non-hydrogen) atoms. The number of nitrogens with zero attached hydrogens (tertiary/aromatic N) is 3. The van der Waals surface area contributed by atoms with Crippen molar-refractivity contribution in [3.8, 4) is 5.75 Å². The zero-order valence-electron chi connectivity index (χ0n) is 9.48. The van der Waals surface area contributed by atoms with E-state index in [9.17, 15) is 4.79 Å². The van der Waals surface area contributed by atoms with E-state index in [1.165, 1.54) is 7.11 Å². The summed E-state index contributed by atoms with van der Waals surface area (Å²) < 4.78 is 5.03. The Hall–Kier alpha value is -2.21. The number of azo groups is 1. The third-order valence-electron chi connectivity index (χ3n) is 2.14. The molecule has 1 aliphatic rings. The summed E-state index contributed by atoms with van der Waals surface area (Å²) in [7, 11) is 1.52. The molecule has 0 aromatic heterocycles. The number of ether oxygens (including phenoxy) is 1. The van der Waals surface area contributed by atoms with Crippen molar-refractivity contribution < 1.29 is 9.53 Å². The highest BCUT2D eigenvalue weighted by Crippen LogP contribution is 2.29.